The molecule has 1 rings (SSSR count). The smallest absolute Gasteiger partial charge is 0.121 e. The molecule has 0 saturated heterocycles. The normalized spacial score (nSPS) is 12.5. The van der Waals surface area contributed by atoms with E-state index in [1.54, 1.807) is 7.11 Å². The van der Waals surface area contributed by atoms with Gasteiger partial charge in [0.1, 0.15) is 5.75 Å². The molecule has 90 valence electrons. The second-order valence-electron chi connectivity index (χ2n) is 3.96. The van der Waals surface area contributed by atoms with Gasteiger partial charge in [0.15, 0.2) is 0 Å². The second kappa shape index (κ2) is 6.51. The van der Waals surface area contributed by atoms with E-state index in [1.165, 1.54) is 0 Å². The molecular formula is C13H20O3. The van der Waals surface area contributed by atoms with Crippen molar-refractivity contribution in [1.82, 2.24) is 0 Å². The van der Waals surface area contributed by atoms with Gasteiger partial charge in [-0.15, -0.1) is 0 Å². The average Bonchev–Trinajstić information content (AvgIpc) is 2.29. The number of unbranched alkanes of at least 4 members (excludes halogenated alkanes) is 1. The van der Waals surface area contributed by atoms with Gasteiger partial charge in [-0.1, -0.05) is 6.07 Å². The molecule has 3 nitrogen and oxygen atoms in total. The third kappa shape index (κ3) is 3.51. The fraction of sp³-hybridized carbons (Fsp3) is 0.538. The minimum Gasteiger partial charge on any atom is -0.496 e. The number of rotatable bonds is 6. The van der Waals surface area contributed by atoms with Crippen LogP contribution in [0.5, 0.6) is 5.75 Å². The summed E-state index contributed by atoms with van der Waals surface area (Å²) in [6, 6.07) is 5.71. The van der Waals surface area contributed by atoms with Gasteiger partial charge in [-0.3, -0.25) is 0 Å². The number of aryl methyl sites for hydroxylation is 1. The van der Waals surface area contributed by atoms with Gasteiger partial charge in [0.05, 0.1) is 13.2 Å². The van der Waals surface area contributed by atoms with Crippen LogP contribution in [0.3, 0.4) is 0 Å². The lowest BCUT2D eigenvalue weighted by molar-refractivity contribution is 0.159. The van der Waals surface area contributed by atoms with Crippen molar-refractivity contribution in [3.8, 4) is 5.75 Å². The number of aliphatic hydroxyl groups excluding tert-OH is 2. The highest BCUT2D eigenvalue weighted by Crippen LogP contribution is 2.25. The van der Waals surface area contributed by atoms with E-state index >= 15 is 0 Å². The first-order valence-corrected chi connectivity index (χ1v) is 5.62. The molecule has 16 heavy (non-hydrogen) atoms. The van der Waals surface area contributed by atoms with Crippen LogP contribution in [0, 0.1) is 6.92 Å². The fourth-order valence-electron chi connectivity index (χ4n) is 1.73. The Labute approximate surface area is 96.7 Å². The third-order valence-corrected chi connectivity index (χ3v) is 2.69. The first kappa shape index (κ1) is 13.0. The number of hydrogen-bond acceptors (Lipinski definition) is 3. The quantitative estimate of drug-likeness (QED) is 0.728. The maximum atomic E-state index is 9.91. The van der Waals surface area contributed by atoms with E-state index in [-0.39, 0.29) is 6.61 Å². The minimum absolute atomic E-state index is 0.189. The van der Waals surface area contributed by atoms with Crippen LogP contribution in [0.15, 0.2) is 18.2 Å². The van der Waals surface area contributed by atoms with Crippen molar-refractivity contribution in [1.29, 1.82) is 0 Å². The SMILES string of the molecule is COc1ccc(C(O)CCCCO)cc1C. The molecule has 1 aromatic carbocycles. The molecule has 0 saturated carbocycles. The van der Waals surface area contributed by atoms with E-state index < -0.39 is 6.10 Å². The molecule has 0 aromatic heterocycles. The molecule has 1 atom stereocenters. The summed E-state index contributed by atoms with van der Waals surface area (Å²) >= 11 is 0. The molecule has 0 fully saturated rings. The first-order chi connectivity index (χ1) is 7.69. The standard InChI is InChI=1S/C13H20O3/c1-10-9-11(6-7-13(10)16-2)12(15)5-3-4-8-14/h6-7,9,12,14-15H,3-5,8H2,1-2H3. The van der Waals surface area contributed by atoms with E-state index in [0.717, 1.165) is 29.7 Å². The van der Waals surface area contributed by atoms with Crippen LogP contribution in [-0.2, 0) is 0 Å². The lowest BCUT2D eigenvalue weighted by Crippen LogP contribution is -1.99. The molecule has 0 heterocycles. The van der Waals surface area contributed by atoms with Crippen molar-refractivity contribution in [2.24, 2.45) is 0 Å². The van der Waals surface area contributed by atoms with Crippen LogP contribution >= 0.6 is 0 Å². The zero-order valence-corrected chi connectivity index (χ0v) is 9.94. The lowest BCUT2D eigenvalue weighted by atomic mass is 10.0. The van der Waals surface area contributed by atoms with Gasteiger partial charge in [-0.2, -0.15) is 0 Å². The van der Waals surface area contributed by atoms with E-state index in [0.29, 0.717) is 6.42 Å². The molecule has 0 amide bonds. The summed E-state index contributed by atoms with van der Waals surface area (Å²) in [4.78, 5) is 0. The van der Waals surface area contributed by atoms with E-state index in [1.807, 2.05) is 25.1 Å². The number of benzene rings is 1. The van der Waals surface area contributed by atoms with Gasteiger partial charge in [0.2, 0.25) is 0 Å². The van der Waals surface area contributed by atoms with Gasteiger partial charge >= 0.3 is 0 Å². The summed E-state index contributed by atoms with van der Waals surface area (Å²) in [6.07, 6.45) is 1.82. The second-order valence-corrected chi connectivity index (χ2v) is 3.96. The monoisotopic (exact) mass is 224 g/mol. The third-order valence-electron chi connectivity index (χ3n) is 2.69. The Hall–Kier alpha value is -1.06. The van der Waals surface area contributed by atoms with Crippen molar-refractivity contribution in [3.63, 3.8) is 0 Å². The molecule has 0 bridgehead atoms. The molecule has 0 aliphatic rings. The van der Waals surface area contributed by atoms with Gasteiger partial charge in [0, 0.05) is 6.61 Å². The van der Waals surface area contributed by atoms with Crippen LogP contribution in [0.2, 0.25) is 0 Å². The summed E-state index contributed by atoms with van der Waals surface area (Å²) in [5, 5.41) is 18.6. The van der Waals surface area contributed by atoms with Crippen LogP contribution in [0.1, 0.15) is 36.5 Å². The molecule has 0 spiro atoms. The first-order valence-electron chi connectivity index (χ1n) is 5.62. The summed E-state index contributed by atoms with van der Waals surface area (Å²) < 4.78 is 5.16. The van der Waals surface area contributed by atoms with Crippen LogP contribution in [0.4, 0.5) is 0 Å². The zero-order valence-electron chi connectivity index (χ0n) is 9.94. The predicted octanol–water partition coefficient (Wildman–Crippen LogP) is 2.20. The Kier molecular flexibility index (Phi) is 5.29. The molecule has 2 N–H and O–H groups in total. The van der Waals surface area contributed by atoms with E-state index in [4.69, 9.17) is 9.84 Å². The number of hydrogen-bond donors (Lipinski definition) is 2. The summed E-state index contributed by atoms with van der Waals surface area (Å²) in [7, 11) is 1.64. The van der Waals surface area contributed by atoms with Crippen molar-refractivity contribution in [2.75, 3.05) is 13.7 Å². The van der Waals surface area contributed by atoms with Crippen LogP contribution in [-0.4, -0.2) is 23.9 Å². The Morgan fingerprint density at radius 2 is 2.06 bits per heavy atom. The van der Waals surface area contributed by atoms with Crippen molar-refractivity contribution in [3.05, 3.63) is 29.3 Å². The minimum atomic E-state index is -0.448. The van der Waals surface area contributed by atoms with Gasteiger partial charge in [-0.25, -0.2) is 0 Å². The highest BCUT2D eigenvalue weighted by atomic mass is 16.5. The topological polar surface area (TPSA) is 49.7 Å². The molecule has 0 aliphatic heterocycles. The van der Waals surface area contributed by atoms with Crippen molar-refractivity contribution >= 4 is 0 Å². The maximum absolute atomic E-state index is 9.91. The van der Waals surface area contributed by atoms with Crippen LogP contribution < -0.4 is 4.74 Å². The maximum Gasteiger partial charge on any atom is 0.121 e. The highest BCUT2D eigenvalue weighted by Gasteiger charge is 2.08. The van der Waals surface area contributed by atoms with Gasteiger partial charge in [0.25, 0.3) is 0 Å². The Morgan fingerprint density at radius 3 is 2.62 bits per heavy atom. The predicted molar refractivity (Wildman–Crippen MR) is 63.6 cm³/mol. The fourth-order valence-corrected chi connectivity index (χ4v) is 1.73. The molecule has 0 aliphatic carbocycles. The summed E-state index contributed by atoms with van der Waals surface area (Å²) in [6.45, 7) is 2.15. The summed E-state index contributed by atoms with van der Waals surface area (Å²) in [5.74, 6) is 0.839. The van der Waals surface area contributed by atoms with Gasteiger partial charge in [-0.05, 0) is 49.4 Å². The molecule has 1 aromatic rings. The van der Waals surface area contributed by atoms with Crippen molar-refractivity contribution < 1.29 is 14.9 Å². The van der Waals surface area contributed by atoms with E-state index in [9.17, 15) is 5.11 Å². The number of aliphatic hydroxyl groups is 2. The lowest BCUT2D eigenvalue weighted by Gasteiger charge is -2.13. The summed E-state index contributed by atoms with van der Waals surface area (Å²) in [5.41, 5.74) is 1.94. The van der Waals surface area contributed by atoms with E-state index in [2.05, 4.69) is 0 Å². The average molecular weight is 224 g/mol. The molecular weight excluding hydrogens is 204 g/mol. The highest BCUT2D eigenvalue weighted by molar-refractivity contribution is 5.36. The molecule has 3 heteroatoms. The van der Waals surface area contributed by atoms with Crippen molar-refractivity contribution in [2.45, 2.75) is 32.3 Å². The largest absolute Gasteiger partial charge is 0.496 e. The van der Waals surface area contributed by atoms with Crippen LogP contribution in [0.25, 0.3) is 0 Å². The van der Waals surface area contributed by atoms with Gasteiger partial charge < -0.3 is 14.9 Å². The Morgan fingerprint density at radius 1 is 1.31 bits per heavy atom. The Balaban J connectivity index is 2.62. The molecule has 1 unspecified atom stereocenters. The zero-order chi connectivity index (χ0) is 12.0. The number of methoxy groups -OCH3 is 1. The molecule has 0 radical (unpaired) electrons. The number of ether oxygens (including phenoxy) is 1. The Bertz CT molecular complexity index is 323.